The van der Waals surface area contributed by atoms with Crippen molar-refractivity contribution >= 4 is 11.8 Å². The number of nitrogens with one attached hydrogen (secondary N) is 1. The van der Waals surface area contributed by atoms with Gasteiger partial charge in [0.25, 0.3) is 0 Å². The van der Waals surface area contributed by atoms with Gasteiger partial charge in [0.1, 0.15) is 0 Å². The Morgan fingerprint density at radius 3 is 2.33 bits per heavy atom. The molecule has 0 aliphatic heterocycles. The largest absolute Gasteiger partial charge is 0.310 e. The summed E-state index contributed by atoms with van der Waals surface area (Å²) < 4.78 is 0. The number of thioether (sulfide) groups is 1. The Bertz CT molecular complexity index is 339. The average Bonchev–Trinajstić information content (AvgIpc) is 2.46. The summed E-state index contributed by atoms with van der Waals surface area (Å²) in [6.07, 6.45) is 9.05. The first kappa shape index (κ1) is 14.0. The van der Waals surface area contributed by atoms with Gasteiger partial charge in [-0.05, 0) is 55.6 Å². The lowest BCUT2D eigenvalue weighted by atomic mass is 9.84. The highest BCUT2D eigenvalue weighted by atomic mass is 32.2. The third-order valence-electron chi connectivity index (χ3n) is 4.18. The van der Waals surface area contributed by atoms with Crippen molar-refractivity contribution in [2.75, 3.05) is 6.26 Å². The Hall–Kier alpha value is -0.470. The first-order chi connectivity index (χ1) is 8.81. The van der Waals surface area contributed by atoms with Gasteiger partial charge in [0.2, 0.25) is 0 Å². The van der Waals surface area contributed by atoms with Crippen molar-refractivity contribution in [2.24, 2.45) is 5.92 Å². The van der Waals surface area contributed by atoms with Crippen LogP contribution in [0.15, 0.2) is 29.2 Å². The number of rotatable bonds is 5. The van der Waals surface area contributed by atoms with Crippen molar-refractivity contribution in [1.29, 1.82) is 0 Å². The molecule has 0 spiro atoms. The van der Waals surface area contributed by atoms with E-state index in [2.05, 4.69) is 42.8 Å². The van der Waals surface area contributed by atoms with Crippen LogP contribution in [-0.2, 0) is 6.54 Å². The van der Waals surface area contributed by atoms with Crippen molar-refractivity contribution < 1.29 is 0 Å². The van der Waals surface area contributed by atoms with Crippen molar-refractivity contribution in [3.05, 3.63) is 29.8 Å². The molecule has 1 aromatic carbocycles. The molecule has 1 fully saturated rings. The second-order valence-corrected chi connectivity index (χ2v) is 6.23. The van der Waals surface area contributed by atoms with Crippen LogP contribution in [0.4, 0.5) is 0 Å². The van der Waals surface area contributed by atoms with Gasteiger partial charge in [-0.2, -0.15) is 0 Å². The lowest BCUT2D eigenvalue weighted by Crippen LogP contribution is -2.32. The Morgan fingerprint density at radius 2 is 1.78 bits per heavy atom. The summed E-state index contributed by atoms with van der Waals surface area (Å²) >= 11 is 1.81. The first-order valence-electron chi connectivity index (χ1n) is 7.18. The van der Waals surface area contributed by atoms with E-state index >= 15 is 0 Å². The van der Waals surface area contributed by atoms with Crippen molar-refractivity contribution in [3.8, 4) is 0 Å². The Morgan fingerprint density at radius 1 is 1.11 bits per heavy atom. The van der Waals surface area contributed by atoms with Crippen LogP contribution in [0.2, 0.25) is 0 Å². The molecule has 1 aliphatic carbocycles. The molecule has 1 aliphatic rings. The van der Waals surface area contributed by atoms with E-state index in [1.54, 1.807) is 11.8 Å². The van der Waals surface area contributed by atoms with Crippen molar-refractivity contribution in [2.45, 2.75) is 56.5 Å². The van der Waals surface area contributed by atoms with Gasteiger partial charge in [-0.3, -0.25) is 0 Å². The van der Waals surface area contributed by atoms with E-state index in [1.807, 2.05) is 0 Å². The standard InChI is InChI=1S/C16H25NS/c1-3-13-4-8-15(9-5-13)17-12-14-6-10-16(18-2)11-7-14/h6-7,10-11,13,15,17H,3-5,8-9,12H2,1-2H3. The van der Waals surface area contributed by atoms with Crippen LogP contribution >= 0.6 is 11.8 Å². The summed E-state index contributed by atoms with van der Waals surface area (Å²) in [5.74, 6) is 0.990. The molecular formula is C16H25NS. The van der Waals surface area contributed by atoms with Crippen LogP contribution in [0.5, 0.6) is 0 Å². The number of hydrogen-bond acceptors (Lipinski definition) is 2. The van der Waals surface area contributed by atoms with Gasteiger partial charge in [0.05, 0.1) is 0 Å². The van der Waals surface area contributed by atoms with Gasteiger partial charge in [0.15, 0.2) is 0 Å². The number of hydrogen-bond donors (Lipinski definition) is 1. The highest BCUT2D eigenvalue weighted by Gasteiger charge is 2.19. The zero-order valence-corrected chi connectivity index (χ0v) is 12.4. The van der Waals surface area contributed by atoms with E-state index in [4.69, 9.17) is 0 Å². The molecule has 0 amide bonds. The molecule has 0 saturated heterocycles. The Kier molecular flexibility index (Phi) is 5.58. The molecule has 1 aromatic rings. The van der Waals surface area contributed by atoms with Gasteiger partial charge in [-0.25, -0.2) is 0 Å². The summed E-state index contributed by atoms with van der Waals surface area (Å²) in [5, 5.41) is 3.71. The predicted octanol–water partition coefficient (Wildman–Crippen LogP) is 4.47. The SMILES string of the molecule is CCC1CCC(NCc2ccc(SC)cc2)CC1. The molecule has 18 heavy (non-hydrogen) atoms. The Balaban J connectivity index is 1.74. The summed E-state index contributed by atoms with van der Waals surface area (Å²) in [4.78, 5) is 1.35. The second kappa shape index (κ2) is 7.20. The van der Waals surface area contributed by atoms with E-state index in [-0.39, 0.29) is 0 Å². The maximum Gasteiger partial charge on any atom is 0.0208 e. The minimum atomic E-state index is 0.744. The second-order valence-electron chi connectivity index (χ2n) is 5.35. The van der Waals surface area contributed by atoms with Crippen LogP contribution < -0.4 is 5.32 Å². The zero-order chi connectivity index (χ0) is 12.8. The number of benzene rings is 1. The summed E-state index contributed by atoms with van der Waals surface area (Å²) in [5.41, 5.74) is 1.41. The molecule has 0 radical (unpaired) electrons. The topological polar surface area (TPSA) is 12.0 Å². The Labute approximate surface area is 116 Å². The van der Waals surface area contributed by atoms with Gasteiger partial charge >= 0.3 is 0 Å². The molecule has 1 nitrogen and oxygen atoms in total. The smallest absolute Gasteiger partial charge is 0.0208 e. The van der Waals surface area contributed by atoms with E-state index in [9.17, 15) is 0 Å². The van der Waals surface area contributed by atoms with Crippen LogP contribution in [0.1, 0.15) is 44.6 Å². The highest BCUT2D eigenvalue weighted by Crippen LogP contribution is 2.26. The van der Waals surface area contributed by atoms with Crippen molar-refractivity contribution in [1.82, 2.24) is 5.32 Å². The molecule has 1 N–H and O–H groups in total. The first-order valence-corrected chi connectivity index (χ1v) is 8.40. The molecule has 100 valence electrons. The summed E-state index contributed by atoms with van der Waals surface area (Å²) in [7, 11) is 0. The fourth-order valence-corrected chi connectivity index (χ4v) is 3.19. The van der Waals surface area contributed by atoms with Gasteiger partial charge < -0.3 is 5.32 Å². The van der Waals surface area contributed by atoms with E-state index in [1.165, 1.54) is 42.6 Å². The molecule has 0 atom stereocenters. The minimum absolute atomic E-state index is 0.744. The molecule has 0 bridgehead atoms. The van der Waals surface area contributed by atoms with Gasteiger partial charge in [0, 0.05) is 17.5 Å². The van der Waals surface area contributed by atoms with Gasteiger partial charge in [-0.15, -0.1) is 11.8 Å². The van der Waals surface area contributed by atoms with Crippen LogP contribution in [0.3, 0.4) is 0 Å². The fraction of sp³-hybridized carbons (Fsp3) is 0.625. The molecular weight excluding hydrogens is 238 g/mol. The van der Waals surface area contributed by atoms with Gasteiger partial charge in [-0.1, -0.05) is 25.5 Å². The van der Waals surface area contributed by atoms with Crippen LogP contribution in [0, 0.1) is 5.92 Å². The minimum Gasteiger partial charge on any atom is -0.310 e. The van der Waals surface area contributed by atoms with Crippen LogP contribution in [0.25, 0.3) is 0 Å². The maximum atomic E-state index is 3.71. The molecule has 2 rings (SSSR count). The van der Waals surface area contributed by atoms with E-state index in [0.29, 0.717) is 0 Å². The normalized spacial score (nSPS) is 24.1. The molecule has 0 aromatic heterocycles. The van der Waals surface area contributed by atoms with E-state index in [0.717, 1.165) is 18.5 Å². The lowest BCUT2D eigenvalue weighted by molar-refractivity contribution is 0.285. The average molecular weight is 263 g/mol. The summed E-state index contributed by atoms with van der Waals surface area (Å²) in [6, 6.07) is 9.67. The molecule has 1 saturated carbocycles. The quantitative estimate of drug-likeness (QED) is 0.787. The zero-order valence-electron chi connectivity index (χ0n) is 11.6. The summed E-state index contributed by atoms with van der Waals surface area (Å²) in [6.45, 7) is 3.35. The highest BCUT2D eigenvalue weighted by molar-refractivity contribution is 7.98. The molecule has 0 heterocycles. The lowest BCUT2D eigenvalue weighted by Gasteiger charge is -2.28. The monoisotopic (exact) mass is 263 g/mol. The van der Waals surface area contributed by atoms with E-state index < -0.39 is 0 Å². The fourth-order valence-electron chi connectivity index (χ4n) is 2.78. The predicted molar refractivity (Wildman–Crippen MR) is 81.1 cm³/mol. The van der Waals surface area contributed by atoms with Crippen molar-refractivity contribution in [3.63, 3.8) is 0 Å². The third kappa shape index (κ3) is 4.03. The maximum absolute atomic E-state index is 3.71. The third-order valence-corrected chi connectivity index (χ3v) is 4.92. The molecule has 2 heteroatoms. The van der Waals surface area contributed by atoms with Crippen LogP contribution in [-0.4, -0.2) is 12.3 Å². The molecule has 0 unspecified atom stereocenters.